The molecule has 3 nitrogen and oxygen atoms in total. The van der Waals surface area contributed by atoms with Gasteiger partial charge in [0.25, 0.3) is 0 Å². The van der Waals surface area contributed by atoms with Crippen molar-refractivity contribution in [2.75, 3.05) is 0 Å². The summed E-state index contributed by atoms with van der Waals surface area (Å²) in [6.07, 6.45) is 4.10. The van der Waals surface area contributed by atoms with Gasteiger partial charge in [-0.1, -0.05) is 31.9 Å². The van der Waals surface area contributed by atoms with Crippen molar-refractivity contribution >= 4 is 6.03 Å². The van der Waals surface area contributed by atoms with Crippen LogP contribution in [0, 0.1) is 6.92 Å². The van der Waals surface area contributed by atoms with E-state index in [9.17, 15) is 4.79 Å². The number of hydrogen-bond donors (Lipinski definition) is 0. The van der Waals surface area contributed by atoms with Gasteiger partial charge in [-0.25, -0.2) is 4.79 Å². The van der Waals surface area contributed by atoms with Gasteiger partial charge in [0.15, 0.2) is 0 Å². The highest BCUT2D eigenvalue weighted by atomic mass is 16.2. The van der Waals surface area contributed by atoms with Gasteiger partial charge in [-0.2, -0.15) is 9.98 Å². The average Bonchev–Trinajstić information content (AvgIpc) is 2.59. The second-order valence-electron chi connectivity index (χ2n) is 3.60. The highest BCUT2D eigenvalue weighted by Crippen LogP contribution is 2.02. The van der Waals surface area contributed by atoms with Crippen LogP contribution in [0.1, 0.15) is 24.8 Å². The predicted octanol–water partition coefficient (Wildman–Crippen LogP) is 1.61. The lowest BCUT2D eigenvalue weighted by atomic mass is 10.1. The van der Waals surface area contributed by atoms with E-state index in [-0.39, 0.29) is 6.03 Å². The molecule has 1 aliphatic heterocycles. The molecule has 1 aromatic rings. The number of amides is 2. The summed E-state index contributed by atoms with van der Waals surface area (Å²) in [7, 11) is 0. The van der Waals surface area contributed by atoms with Crippen LogP contribution in [0.15, 0.2) is 28.2 Å². The standard InChI is InChI=1S/C12H13N2O/c1-2-3-4-6-9-7-5-8-10-11(9)14-12(15)13-10/h5,7-8H,1-4,6H2. The van der Waals surface area contributed by atoms with Gasteiger partial charge in [0, 0.05) is 0 Å². The van der Waals surface area contributed by atoms with E-state index in [0.29, 0.717) is 5.36 Å². The van der Waals surface area contributed by atoms with Gasteiger partial charge in [-0.3, -0.25) is 0 Å². The molecule has 1 radical (unpaired) electrons. The van der Waals surface area contributed by atoms with Crippen molar-refractivity contribution in [2.24, 2.45) is 9.98 Å². The molecule has 0 saturated heterocycles. The Labute approximate surface area is 88.6 Å². The van der Waals surface area contributed by atoms with Crippen molar-refractivity contribution in [2.45, 2.75) is 25.7 Å². The molecule has 0 atom stereocenters. The van der Waals surface area contributed by atoms with Crippen LogP contribution >= 0.6 is 0 Å². The van der Waals surface area contributed by atoms with Crippen LogP contribution in [0.2, 0.25) is 0 Å². The zero-order chi connectivity index (χ0) is 10.7. The molecule has 15 heavy (non-hydrogen) atoms. The number of carbonyl (C=O) groups excluding carboxylic acids is 1. The molecule has 0 saturated carbocycles. The van der Waals surface area contributed by atoms with Gasteiger partial charge in [-0.15, -0.1) is 0 Å². The molecule has 3 heteroatoms. The van der Waals surface area contributed by atoms with Gasteiger partial charge in [0.1, 0.15) is 0 Å². The third-order valence-electron chi connectivity index (χ3n) is 2.47. The maximum Gasteiger partial charge on any atom is 0.368 e. The lowest BCUT2D eigenvalue weighted by molar-refractivity contribution is 0.256. The third kappa shape index (κ3) is 2.12. The van der Waals surface area contributed by atoms with Gasteiger partial charge >= 0.3 is 6.03 Å². The molecule has 2 rings (SSSR count). The topological polar surface area (TPSA) is 41.8 Å². The molecular weight excluding hydrogens is 188 g/mol. The number of carbonyl (C=O) groups is 1. The highest BCUT2D eigenvalue weighted by Gasteiger charge is 2.07. The minimum Gasteiger partial charge on any atom is -0.244 e. The van der Waals surface area contributed by atoms with Crippen LogP contribution in [0.3, 0.4) is 0 Å². The number of aryl methyl sites for hydroxylation is 1. The molecule has 0 fully saturated rings. The first-order valence-corrected chi connectivity index (χ1v) is 5.20. The number of para-hydroxylation sites is 1. The first kappa shape index (κ1) is 10.0. The van der Waals surface area contributed by atoms with Crippen LogP contribution in [0.25, 0.3) is 0 Å². The number of fused-ring (bicyclic) bond motifs is 1. The van der Waals surface area contributed by atoms with E-state index in [1.54, 1.807) is 0 Å². The van der Waals surface area contributed by atoms with Crippen molar-refractivity contribution in [3.05, 3.63) is 41.4 Å². The average molecular weight is 201 g/mol. The van der Waals surface area contributed by atoms with Crippen molar-refractivity contribution in [3.8, 4) is 0 Å². The SMILES string of the molecule is [CH2]CCCCc1cccc2c1=NC(=O)N=2. The van der Waals surface area contributed by atoms with E-state index in [2.05, 4.69) is 16.9 Å². The Morgan fingerprint density at radius 2 is 2.07 bits per heavy atom. The van der Waals surface area contributed by atoms with Gasteiger partial charge < -0.3 is 0 Å². The van der Waals surface area contributed by atoms with E-state index >= 15 is 0 Å². The van der Waals surface area contributed by atoms with E-state index in [1.165, 1.54) is 0 Å². The van der Waals surface area contributed by atoms with E-state index in [1.807, 2.05) is 18.2 Å². The Hall–Kier alpha value is -1.51. The molecule has 1 aliphatic rings. The fourth-order valence-electron chi connectivity index (χ4n) is 1.71. The highest BCUT2D eigenvalue weighted by molar-refractivity contribution is 5.77. The number of hydrogen-bond acceptors (Lipinski definition) is 1. The molecule has 0 spiro atoms. The van der Waals surface area contributed by atoms with Crippen LogP contribution < -0.4 is 10.7 Å². The molecule has 77 valence electrons. The van der Waals surface area contributed by atoms with E-state index in [0.717, 1.165) is 36.6 Å². The maximum atomic E-state index is 11.0. The Kier molecular flexibility index (Phi) is 2.90. The maximum absolute atomic E-state index is 11.0. The van der Waals surface area contributed by atoms with Crippen LogP contribution in [0.4, 0.5) is 4.79 Å². The molecule has 0 bridgehead atoms. The second kappa shape index (κ2) is 4.34. The van der Waals surface area contributed by atoms with Crippen molar-refractivity contribution in [1.29, 1.82) is 0 Å². The normalized spacial score (nSPS) is 13.3. The van der Waals surface area contributed by atoms with Gasteiger partial charge in [0.2, 0.25) is 0 Å². The van der Waals surface area contributed by atoms with Crippen LogP contribution in [0.5, 0.6) is 0 Å². The summed E-state index contributed by atoms with van der Waals surface area (Å²) < 4.78 is 0. The Balaban J connectivity index is 2.28. The number of benzene rings is 1. The number of rotatable bonds is 4. The van der Waals surface area contributed by atoms with Gasteiger partial charge in [0.05, 0.1) is 10.7 Å². The predicted molar refractivity (Wildman–Crippen MR) is 57.1 cm³/mol. The smallest absolute Gasteiger partial charge is 0.244 e. The molecule has 0 unspecified atom stereocenters. The zero-order valence-electron chi connectivity index (χ0n) is 8.57. The largest absolute Gasteiger partial charge is 0.368 e. The van der Waals surface area contributed by atoms with Crippen molar-refractivity contribution in [3.63, 3.8) is 0 Å². The first-order chi connectivity index (χ1) is 7.31. The van der Waals surface area contributed by atoms with Gasteiger partial charge in [-0.05, 0) is 24.5 Å². The third-order valence-corrected chi connectivity index (χ3v) is 2.47. The molecular formula is C12H13N2O. The fourth-order valence-corrected chi connectivity index (χ4v) is 1.71. The monoisotopic (exact) mass is 201 g/mol. The minimum atomic E-state index is -0.380. The fraction of sp³-hybridized carbons (Fsp3) is 0.333. The molecule has 1 aromatic carbocycles. The molecule has 0 N–H and O–H groups in total. The van der Waals surface area contributed by atoms with E-state index < -0.39 is 0 Å². The van der Waals surface area contributed by atoms with Crippen molar-refractivity contribution in [1.82, 2.24) is 0 Å². The number of nitrogens with zero attached hydrogens (tertiary/aromatic N) is 2. The molecule has 0 aromatic heterocycles. The Bertz CT molecular complexity index is 491. The summed E-state index contributed by atoms with van der Waals surface area (Å²) in [5.74, 6) is 0. The number of urea groups is 1. The summed E-state index contributed by atoms with van der Waals surface area (Å²) >= 11 is 0. The number of unbranched alkanes of at least 4 members (excludes halogenated alkanes) is 2. The molecule has 0 aliphatic carbocycles. The zero-order valence-corrected chi connectivity index (χ0v) is 8.57. The molecule has 2 amide bonds. The van der Waals surface area contributed by atoms with Crippen LogP contribution in [-0.2, 0) is 6.42 Å². The Morgan fingerprint density at radius 3 is 2.87 bits per heavy atom. The summed E-state index contributed by atoms with van der Waals surface area (Å²) in [6.45, 7) is 3.81. The summed E-state index contributed by atoms with van der Waals surface area (Å²) in [6, 6.07) is 5.39. The molecule has 1 heterocycles. The Morgan fingerprint density at radius 1 is 1.20 bits per heavy atom. The summed E-state index contributed by atoms with van der Waals surface area (Å²) in [5.41, 5.74) is 1.12. The lowest BCUT2D eigenvalue weighted by Gasteiger charge is -1.99. The van der Waals surface area contributed by atoms with E-state index in [4.69, 9.17) is 0 Å². The quantitative estimate of drug-likeness (QED) is 0.682. The summed E-state index contributed by atoms with van der Waals surface area (Å²) in [5, 5.41) is 1.48. The minimum absolute atomic E-state index is 0.380. The summed E-state index contributed by atoms with van der Waals surface area (Å²) in [4.78, 5) is 18.8. The second-order valence-corrected chi connectivity index (χ2v) is 3.60. The lowest BCUT2D eigenvalue weighted by Crippen LogP contribution is -2.25. The van der Waals surface area contributed by atoms with Crippen molar-refractivity contribution < 1.29 is 4.79 Å². The first-order valence-electron chi connectivity index (χ1n) is 5.20. The van der Waals surface area contributed by atoms with Crippen LogP contribution in [-0.4, -0.2) is 6.03 Å².